The van der Waals surface area contributed by atoms with Gasteiger partial charge >= 0.3 is 5.97 Å². The summed E-state index contributed by atoms with van der Waals surface area (Å²) in [7, 11) is 0. The van der Waals surface area contributed by atoms with Gasteiger partial charge in [-0.1, -0.05) is 13.3 Å². The summed E-state index contributed by atoms with van der Waals surface area (Å²) in [6.07, 6.45) is 3.59. The standard InChI is InChI=1S/C18H26N2O3/c1-3-5-12-19(4-2)15-10-8-14(9-11-15)17(21)20-13-6-7-16(20)18(22)23/h8-11,16H,3-7,12-13H2,1-2H3,(H,22,23)/t16-/m0/s1. The van der Waals surface area contributed by atoms with Crippen LogP contribution >= 0.6 is 0 Å². The number of rotatable bonds is 7. The predicted molar refractivity (Wildman–Crippen MR) is 90.9 cm³/mol. The third-order valence-electron chi connectivity index (χ3n) is 4.44. The molecule has 0 radical (unpaired) electrons. The first kappa shape index (κ1) is 17.3. The van der Waals surface area contributed by atoms with E-state index in [0.29, 0.717) is 18.5 Å². The van der Waals surface area contributed by atoms with Crippen molar-refractivity contribution in [2.24, 2.45) is 0 Å². The Bertz CT molecular complexity index is 542. The number of carboxylic acids is 1. The fraction of sp³-hybridized carbons (Fsp3) is 0.556. The van der Waals surface area contributed by atoms with Crippen LogP contribution in [-0.2, 0) is 4.79 Å². The summed E-state index contributed by atoms with van der Waals surface area (Å²) < 4.78 is 0. The SMILES string of the molecule is CCCCN(CC)c1ccc(C(=O)N2CCC[C@H]2C(=O)O)cc1. The molecule has 0 saturated carbocycles. The molecule has 5 heteroatoms. The second-order valence-corrected chi connectivity index (χ2v) is 5.97. The van der Waals surface area contributed by atoms with Crippen molar-refractivity contribution in [1.82, 2.24) is 4.90 Å². The normalized spacial score (nSPS) is 17.3. The molecule has 0 spiro atoms. The monoisotopic (exact) mass is 318 g/mol. The van der Waals surface area contributed by atoms with Crippen molar-refractivity contribution in [1.29, 1.82) is 0 Å². The maximum absolute atomic E-state index is 12.5. The molecule has 1 heterocycles. The smallest absolute Gasteiger partial charge is 0.326 e. The highest BCUT2D eigenvalue weighted by atomic mass is 16.4. The van der Waals surface area contributed by atoms with E-state index >= 15 is 0 Å². The summed E-state index contributed by atoms with van der Waals surface area (Å²) in [4.78, 5) is 27.5. The van der Waals surface area contributed by atoms with Gasteiger partial charge in [0.15, 0.2) is 0 Å². The molecule has 1 aromatic rings. The number of nitrogens with zero attached hydrogens (tertiary/aromatic N) is 2. The van der Waals surface area contributed by atoms with Gasteiger partial charge in [0.05, 0.1) is 0 Å². The van der Waals surface area contributed by atoms with Crippen LogP contribution in [0.4, 0.5) is 5.69 Å². The summed E-state index contributed by atoms with van der Waals surface area (Å²) >= 11 is 0. The first-order chi connectivity index (χ1) is 11.1. The van der Waals surface area contributed by atoms with E-state index in [1.54, 1.807) is 0 Å². The quantitative estimate of drug-likeness (QED) is 0.839. The van der Waals surface area contributed by atoms with Crippen molar-refractivity contribution >= 4 is 17.6 Å². The lowest BCUT2D eigenvalue weighted by Crippen LogP contribution is -2.40. The number of hydrogen-bond donors (Lipinski definition) is 1. The number of anilines is 1. The van der Waals surface area contributed by atoms with E-state index in [4.69, 9.17) is 0 Å². The molecule has 1 aromatic carbocycles. The number of carboxylic acid groups (broad SMARTS) is 1. The van der Waals surface area contributed by atoms with Crippen molar-refractivity contribution in [2.75, 3.05) is 24.5 Å². The van der Waals surface area contributed by atoms with Gasteiger partial charge in [0, 0.05) is 30.9 Å². The Balaban J connectivity index is 2.09. The van der Waals surface area contributed by atoms with Crippen molar-refractivity contribution in [2.45, 2.75) is 45.6 Å². The molecule has 1 saturated heterocycles. The first-order valence-corrected chi connectivity index (χ1v) is 8.47. The van der Waals surface area contributed by atoms with Gasteiger partial charge in [-0.25, -0.2) is 4.79 Å². The zero-order valence-corrected chi connectivity index (χ0v) is 14.0. The van der Waals surface area contributed by atoms with Gasteiger partial charge in [-0.15, -0.1) is 0 Å². The largest absolute Gasteiger partial charge is 0.480 e. The van der Waals surface area contributed by atoms with E-state index in [9.17, 15) is 14.7 Å². The molecule has 5 nitrogen and oxygen atoms in total. The average Bonchev–Trinajstić information content (AvgIpc) is 3.05. The van der Waals surface area contributed by atoms with Crippen molar-refractivity contribution in [3.05, 3.63) is 29.8 Å². The summed E-state index contributed by atoms with van der Waals surface area (Å²) in [6.45, 7) is 6.75. The van der Waals surface area contributed by atoms with Gasteiger partial charge in [0.1, 0.15) is 6.04 Å². The Kier molecular flexibility index (Phi) is 6.02. The number of carbonyl (C=O) groups is 2. The van der Waals surface area contributed by atoms with Gasteiger partial charge < -0.3 is 14.9 Å². The molecule has 1 atom stereocenters. The zero-order valence-electron chi connectivity index (χ0n) is 14.0. The Morgan fingerprint density at radius 3 is 2.52 bits per heavy atom. The van der Waals surface area contributed by atoms with E-state index in [0.717, 1.165) is 38.0 Å². The Labute approximate surface area is 137 Å². The Hall–Kier alpha value is -2.04. The first-order valence-electron chi connectivity index (χ1n) is 8.47. The molecule has 1 N–H and O–H groups in total. The Morgan fingerprint density at radius 1 is 1.26 bits per heavy atom. The number of unbranched alkanes of at least 4 members (excludes halogenated alkanes) is 1. The fourth-order valence-electron chi connectivity index (χ4n) is 3.07. The van der Waals surface area contributed by atoms with E-state index in [-0.39, 0.29) is 5.91 Å². The third kappa shape index (κ3) is 4.03. The predicted octanol–water partition coefficient (Wildman–Crippen LogP) is 3.00. The summed E-state index contributed by atoms with van der Waals surface area (Å²) in [6, 6.07) is 6.85. The van der Waals surface area contributed by atoms with Gasteiger partial charge in [-0.05, 0) is 50.5 Å². The lowest BCUT2D eigenvalue weighted by atomic mass is 10.1. The van der Waals surface area contributed by atoms with E-state index in [1.165, 1.54) is 4.90 Å². The number of aliphatic carboxylic acids is 1. The average molecular weight is 318 g/mol. The number of likely N-dealkylation sites (tertiary alicyclic amines) is 1. The highest BCUT2D eigenvalue weighted by Gasteiger charge is 2.34. The highest BCUT2D eigenvalue weighted by molar-refractivity contribution is 5.97. The summed E-state index contributed by atoms with van der Waals surface area (Å²) in [5.41, 5.74) is 1.67. The number of hydrogen-bond acceptors (Lipinski definition) is 3. The molecular formula is C18H26N2O3. The second kappa shape index (κ2) is 7.99. The van der Waals surface area contributed by atoms with Crippen LogP contribution < -0.4 is 4.90 Å². The number of amides is 1. The third-order valence-corrected chi connectivity index (χ3v) is 4.44. The van der Waals surface area contributed by atoms with E-state index in [1.807, 2.05) is 24.3 Å². The molecule has 1 aliphatic heterocycles. The van der Waals surface area contributed by atoms with Crippen LogP contribution in [0.1, 0.15) is 49.9 Å². The lowest BCUT2D eigenvalue weighted by molar-refractivity contribution is -0.141. The van der Waals surface area contributed by atoms with Crippen LogP contribution in [0.25, 0.3) is 0 Å². The minimum Gasteiger partial charge on any atom is -0.480 e. The highest BCUT2D eigenvalue weighted by Crippen LogP contribution is 2.22. The molecule has 1 fully saturated rings. The van der Waals surface area contributed by atoms with Crippen molar-refractivity contribution in [3.8, 4) is 0 Å². The van der Waals surface area contributed by atoms with Gasteiger partial charge in [-0.3, -0.25) is 4.79 Å². The second-order valence-electron chi connectivity index (χ2n) is 5.97. The zero-order chi connectivity index (χ0) is 16.8. The van der Waals surface area contributed by atoms with Gasteiger partial charge in [0.25, 0.3) is 5.91 Å². The van der Waals surface area contributed by atoms with Crippen molar-refractivity contribution < 1.29 is 14.7 Å². The molecule has 2 rings (SSSR count). The lowest BCUT2D eigenvalue weighted by Gasteiger charge is -2.24. The Morgan fingerprint density at radius 2 is 1.96 bits per heavy atom. The minimum absolute atomic E-state index is 0.182. The number of carbonyl (C=O) groups excluding carboxylic acids is 1. The van der Waals surface area contributed by atoms with E-state index < -0.39 is 12.0 Å². The fourth-order valence-corrected chi connectivity index (χ4v) is 3.07. The van der Waals surface area contributed by atoms with Crippen LogP contribution in [-0.4, -0.2) is 47.6 Å². The summed E-state index contributed by atoms with van der Waals surface area (Å²) in [5, 5.41) is 9.21. The van der Waals surface area contributed by atoms with Crippen LogP contribution in [0.5, 0.6) is 0 Å². The van der Waals surface area contributed by atoms with Crippen LogP contribution in [0.15, 0.2) is 24.3 Å². The van der Waals surface area contributed by atoms with Crippen molar-refractivity contribution in [3.63, 3.8) is 0 Å². The van der Waals surface area contributed by atoms with Gasteiger partial charge in [0.2, 0.25) is 0 Å². The summed E-state index contributed by atoms with van der Waals surface area (Å²) in [5.74, 6) is -1.10. The molecule has 1 amide bonds. The molecule has 23 heavy (non-hydrogen) atoms. The number of benzene rings is 1. The van der Waals surface area contributed by atoms with E-state index in [2.05, 4.69) is 18.7 Å². The topological polar surface area (TPSA) is 60.9 Å². The van der Waals surface area contributed by atoms with Gasteiger partial charge in [-0.2, -0.15) is 0 Å². The molecular weight excluding hydrogens is 292 g/mol. The molecule has 0 bridgehead atoms. The molecule has 0 aromatic heterocycles. The molecule has 0 aliphatic carbocycles. The van der Waals surface area contributed by atoms with Crippen LogP contribution in [0, 0.1) is 0 Å². The minimum atomic E-state index is -0.913. The van der Waals surface area contributed by atoms with Crippen LogP contribution in [0.2, 0.25) is 0 Å². The van der Waals surface area contributed by atoms with Crippen LogP contribution in [0.3, 0.4) is 0 Å². The molecule has 1 aliphatic rings. The maximum Gasteiger partial charge on any atom is 0.326 e. The maximum atomic E-state index is 12.5. The molecule has 0 unspecified atom stereocenters. The molecule has 126 valence electrons.